The zero-order valence-electron chi connectivity index (χ0n) is 10.6. The van der Waals surface area contributed by atoms with Crippen LogP contribution in [0.1, 0.15) is 44.9 Å². The fraction of sp³-hybridized carbons (Fsp3) is 1.00. The van der Waals surface area contributed by atoms with Gasteiger partial charge < -0.3 is 10.4 Å². The summed E-state index contributed by atoms with van der Waals surface area (Å²) in [6.07, 6.45) is 9.70. The second-order valence-electron chi connectivity index (χ2n) is 7.36. The molecule has 0 aromatic heterocycles. The van der Waals surface area contributed by atoms with E-state index in [1.165, 1.54) is 32.2 Å². The van der Waals surface area contributed by atoms with Crippen molar-refractivity contribution in [2.45, 2.75) is 57.1 Å². The first-order valence-corrected chi connectivity index (χ1v) is 7.69. The zero-order chi connectivity index (χ0) is 11.4. The van der Waals surface area contributed by atoms with Crippen LogP contribution in [-0.4, -0.2) is 23.8 Å². The number of hydrogen-bond donors (Lipinski definition) is 2. The number of nitrogens with one attached hydrogen (secondary N) is 1. The lowest BCUT2D eigenvalue weighted by molar-refractivity contribution is -0.0209. The molecular formula is C15H25NO. The minimum atomic E-state index is 0.0142. The van der Waals surface area contributed by atoms with Gasteiger partial charge in [-0.3, -0.25) is 0 Å². The second kappa shape index (κ2) is 3.96. The van der Waals surface area contributed by atoms with Crippen molar-refractivity contribution in [1.82, 2.24) is 5.32 Å². The van der Waals surface area contributed by atoms with Crippen molar-refractivity contribution >= 4 is 0 Å². The highest BCUT2D eigenvalue weighted by atomic mass is 16.3. The third-order valence-electron chi connectivity index (χ3n) is 6.08. The Hall–Kier alpha value is -0.0800. The molecular weight excluding hydrogens is 210 g/mol. The Kier molecular flexibility index (Phi) is 2.52. The van der Waals surface area contributed by atoms with Crippen LogP contribution in [0, 0.1) is 29.6 Å². The van der Waals surface area contributed by atoms with Crippen molar-refractivity contribution < 1.29 is 5.11 Å². The van der Waals surface area contributed by atoms with Crippen molar-refractivity contribution in [3.8, 4) is 0 Å². The molecule has 2 heteroatoms. The first-order chi connectivity index (χ1) is 8.28. The Morgan fingerprint density at radius 1 is 0.824 bits per heavy atom. The third-order valence-corrected chi connectivity index (χ3v) is 6.08. The first kappa shape index (κ1) is 10.8. The molecule has 0 unspecified atom stereocenters. The molecule has 5 rings (SSSR count). The molecule has 5 aliphatic carbocycles. The molecule has 0 spiro atoms. The maximum atomic E-state index is 9.33. The van der Waals surface area contributed by atoms with Gasteiger partial charge in [0.1, 0.15) is 0 Å². The van der Waals surface area contributed by atoms with Gasteiger partial charge in [0.15, 0.2) is 0 Å². The molecule has 17 heavy (non-hydrogen) atoms. The van der Waals surface area contributed by atoms with Crippen molar-refractivity contribution in [2.24, 2.45) is 29.6 Å². The fourth-order valence-electron chi connectivity index (χ4n) is 5.43. The van der Waals surface area contributed by atoms with E-state index in [1.54, 1.807) is 6.42 Å². The molecule has 96 valence electrons. The zero-order valence-corrected chi connectivity index (χ0v) is 10.6. The van der Waals surface area contributed by atoms with Gasteiger partial charge in [-0.15, -0.1) is 0 Å². The number of rotatable bonds is 3. The van der Waals surface area contributed by atoms with E-state index in [4.69, 9.17) is 0 Å². The lowest BCUT2D eigenvalue weighted by atomic mass is 9.54. The van der Waals surface area contributed by atoms with E-state index in [2.05, 4.69) is 5.32 Å². The van der Waals surface area contributed by atoms with Crippen molar-refractivity contribution in [2.75, 3.05) is 6.54 Å². The predicted molar refractivity (Wildman–Crippen MR) is 67.6 cm³/mol. The summed E-state index contributed by atoms with van der Waals surface area (Å²) in [5.74, 6) is 4.93. The lowest BCUT2D eigenvalue weighted by Crippen LogP contribution is -2.55. The number of hydrogen-bond acceptors (Lipinski definition) is 2. The monoisotopic (exact) mass is 235 g/mol. The maximum Gasteiger partial charge on any atom is 0.0546 e. The molecule has 0 radical (unpaired) electrons. The van der Waals surface area contributed by atoms with Crippen LogP contribution < -0.4 is 5.32 Å². The standard InChI is InChI=1S/C15H25NO/c17-14-6-11(7-14)8-16-15-12-2-9-1-10(4-12)5-13(15)3-9/h9-17H,1-8H2. The molecule has 0 saturated heterocycles. The van der Waals surface area contributed by atoms with Crippen molar-refractivity contribution in [3.05, 3.63) is 0 Å². The van der Waals surface area contributed by atoms with Gasteiger partial charge in [-0.25, -0.2) is 0 Å². The van der Waals surface area contributed by atoms with Gasteiger partial charge in [-0.2, -0.15) is 0 Å². The first-order valence-electron chi connectivity index (χ1n) is 7.69. The molecule has 5 aliphatic rings. The van der Waals surface area contributed by atoms with Crippen LogP contribution in [0.5, 0.6) is 0 Å². The molecule has 2 N–H and O–H groups in total. The van der Waals surface area contributed by atoms with E-state index in [0.29, 0.717) is 0 Å². The Balaban J connectivity index is 1.35. The molecule has 0 aromatic carbocycles. The smallest absolute Gasteiger partial charge is 0.0546 e. The van der Waals surface area contributed by atoms with Gasteiger partial charge >= 0.3 is 0 Å². The topological polar surface area (TPSA) is 32.3 Å². The number of aliphatic hydroxyl groups is 1. The summed E-state index contributed by atoms with van der Waals surface area (Å²) in [6.45, 7) is 1.17. The summed E-state index contributed by atoms with van der Waals surface area (Å²) in [5, 5.41) is 13.2. The van der Waals surface area contributed by atoms with E-state index < -0.39 is 0 Å². The van der Waals surface area contributed by atoms with Gasteiger partial charge in [0.05, 0.1) is 6.10 Å². The average Bonchev–Trinajstić information content (AvgIpc) is 2.24. The van der Waals surface area contributed by atoms with Crippen LogP contribution >= 0.6 is 0 Å². The summed E-state index contributed by atoms with van der Waals surface area (Å²) >= 11 is 0. The lowest BCUT2D eigenvalue weighted by Gasteiger charge is -2.55. The van der Waals surface area contributed by atoms with E-state index >= 15 is 0 Å². The van der Waals surface area contributed by atoms with Crippen molar-refractivity contribution in [3.63, 3.8) is 0 Å². The van der Waals surface area contributed by atoms with Gasteiger partial charge in [-0.05, 0) is 81.1 Å². The molecule has 0 heterocycles. The van der Waals surface area contributed by atoms with Gasteiger partial charge in [-0.1, -0.05) is 0 Å². The van der Waals surface area contributed by atoms with Gasteiger partial charge in [0.25, 0.3) is 0 Å². The Morgan fingerprint density at radius 2 is 1.41 bits per heavy atom. The number of aliphatic hydroxyl groups excluding tert-OH is 1. The van der Waals surface area contributed by atoms with Crippen LogP contribution in [0.15, 0.2) is 0 Å². The second-order valence-corrected chi connectivity index (χ2v) is 7.36. The van der Waals surface area contributed by atoms with Crippen LogP contribution in [0.2, 0.25) is 0 Å². The van der Waals surface area contributed by atoms with Crippen LogP contribution in [0.3, 0.4) is 0 Å². The Labute approximate surface area is 104 Å². The Morgan fingerprint density at radius 3 is 1.94 bits per heavy atom. The largest absolute Gasteiger partial charge is 0.393 e. The van der Waals surface area contributed by atoms with Gasteiger partial charge in [0.2, 0.25) is 0 Å². The summed E-state index contributed by atoms with van der Waals surface area (Å²) < 4.78 is 0. The molecule has 0 aliphatic heterocycles. The maximum absolute atomic E-state index is 9.33. The van der Waals surface area contributed by atoms with Gasteiger partial charge in [0, 0.05) is 6.04 Å². The Bertz CT molecular complexity index is 269. The highest BCUT2D eigenvalue weighted by molar-refractivity contribution is 5.01. The summed E-state index contributed by atoms with van der Waals surface area (Å²) in [5.41, 5.74) is 0. The SMILES string of the molecule is OC1CC(CNC2C3CC4CC(C3)CC2C4)C1. The molecule has 5 fully saturated rings. The van der Waals surface area contributed by atoms with E-state index in [0.717, 1.165) is 48.5 Å². The van der Waals surface area contributed by atoms with Crippen LogP contribution in [-0.2, 0) is 0 Å². The van der Waals surface area contributed by atoms with Crippen LogP contribution in [0.4, 0.5) is 0 Å². The third kappa shape index (κ3) is 1.84. The van der Waals surface area contributed by atoms with Crippen LogP contribution in [0.25, 0.3) is 0 Å². The molecule has 0 amide bonds. The normalized spacial score (nSPS) is 55.9. The summed E-state index contributed by atoms with van der Waals surface area (Å²) in [4.78, 5) is 0. The van der Waals surface area contributed by atoms with Crippen molar-refractivity contribution in [1.29, 1.82) is 0 Å². The molecule has 0 aromatic rings. The fourth-order valence-corrected chi connectivity index (χ4v) is 5.43. The minimum Gasteiger partial charge on any atom is -0.393 e. The summed E-state index contributed by atoms with van der Waals surface area (Å²) in [7, 11) is 0. The minimum absolute atomic E-state index is 0.0142. The predicted octanol–water partition coefficient (Wildman–Crippen LogP) is 2.17. The molecule has 4 bridgehead atoms. The summed E-state index contributed by atoms with van der Waals surface area (Å²) in [6, 6.07) is 0.834. The van der Waals surface area contributed by atoms with E-state index in [1.807, 2.05) is 0 Å². The molecule has 2 nitrogen and oxygen atoms in total. The quantitative estimate of drug-likeness (QED) is 0.786. The molecule has 0 atom stereocenters. The molecule has 5 saturated carbocycles. The van der Waals surface area contributed by atoms with E-state index in [9.17, 15) is 5.11 Å². The highest BCUT2D eigenvalue weighted by Crippen LogP contribution is 2.53. The highest BCUT2D eigenvalue weighted by Gasteiger charge is 2.48. The average molecular weight is 235 g/mol. The van der Waals surface area contributed by atoms with E-state index in [-0.39, 0.29) is 6.10 Å².